The lowest BCUT2D eigenvalue weighted by molar-refractivity contribution is 1.49. The predicted molar refractivity (Wildman–Crippen MR) is 85.2 cm³/mol. The Kier molecular flexibility index (Phi) is 1.73. The van der Waals surface area contributed by atoms with Gasteiger partial charge in [0.2, 0.25) is 0 Å². The fraction of sp³-hybridized carbons (Fsp3) is 0. The summed E-state index contributed by atoms with van der Waals surface area (Å²) in [5, 5.41) is 6.44. The van der Waals surface area contributed by atoms with E-state index < -0.39 is 0 Å². The van der Waals surface area contributed by atoms with Gasteiger partial charge in [-0.3, -0.25) is 0 Å². The first-order chi connectivity index (χ1) is 9.92. The lowest BCUT2D eigenvalue weighted by Gasteiger charge is -2.02. The molecule has 5 rings (SSSR count). The van der Waals surface area contributed by atoms with Gasteiger partial charge in [-0.15, -0.1) is 0 Å². The Morgan fingerprint density at radius 3 is 2.50 bits per heavy atom. The highest BCUT2D eigenvalue weighted by Crippen LogP contribution is 2.35. The molecule has 0 spiro atoms. The Morgan fingerprint density at radius 1 is 0.650 bits per heavy atom. The Bertz CT molecular complexity index is 1100. The van der Waals surface area contributed by atoms with Gasteiger partial charge in [0.1, 0.15) is 0 Å². The number of hydrogen-bond donors (Lipinski definition) is 2. The van der Waals surface area contributed by atoms with Gasteiger partial charge in [-0.1, -0.05) is 36.4 Å². The molecule has 2 nitrogen and oxygen atoms in total. The number of hydrogen-bond acceptors (Lipinski definition) is 0. The van der Waals surface area contributed by atoms with Crippen molar-refractivity contribution in [2.45, 2.75) is 0 Å². The number of H-pyrrole nitrogens is 2. The zero-order chi connectivity index (χ0) is 13.1. The molecule has 2 heteroatoms. The van der Waals surface area contributed by atoms with Crippen molar-refractivity contribution in [2.24, 2.45) is 0 Å². The SMILES string of the molecule is c1ccc2c(c1)[nH]c1ccc3ccc4cc[nH]c4c3c12. The molecule has 0 amide bonds. The fourth-order valence-corrected chi connectivity index (χ4v) is 3.28. The van der Waals surface area contributed by atoms with Crippen molar-refractivity contribution in [1.29, 1.82) is 0 Å². The van der Waals surface area contributed by atoms with E-state index in [1.54, 1.807) is 0 Å². The quantitative estimate of drug-likeness (QED) is 0.392. The van der Waals surface area contributed by atoms with Gasteiger partial charge < -0.3 is 9.97 Å². The smallest absolute Gasteiger partial charge is 0.0540 e. The maximum Gasteiger partial charge on any atom is 0.0540 e. The molecule has 20 heavy (non-hydrogen) atoms. The topological polar surface area (TPSA) is 31.6 Å². The average Bonchev–Trinajstić information content (AvgIpc) is 3.10. The monoisotopic (exact) mass is 256 g/mol. The number of fused-ring (bicyclic) bond motifs is 7. The summed E-state index contributed by atoms with van der Waals surface area (Å²) >= 11 is 0. The molecule has 0 unspecified atom stereocenters. The predicted octanol–water partition coefficient (Wildman–Crippen LogP) is 4.96. The van der Waals surface area contributed by atoms with Crippen LogP contribution in [0.4, 0.5) is 0 Å². The third-order valence-corrected chi connectivity index (χ3v) is 4.17. The molecule has 3 aromatic carbocycles. The third-order valence-electron chi connectivity index (χ3n) is 4.17. The average molecular weight is 256 g/mol. The van der Waals surface area contributed by atoms with Crippen molar-refractivity contribution in [1.82, 2.24) is 9.97 Å². The van der Waals surface area contributed by atoms with Gasteiger partial charge in [-0.25, -0.2) is 0 Å². The molecular formula is C18H12N2. The number of rotatable bonds is 0. The van der Waals surface area contributed by atoms with Crippen molar-refractivity contribution in [3.8, 4) is 0 Å². The number of para-hydroxylation sites is 1. The van der Waals surface area contributed by atoms with Gasteiger partial charge in [0.15, 0.2) is 0 Å². The molecule has 2 aromatic heterocycles. The minimum Gasteiger partial charge on any atom is -0.361 e. The highest BCUT2D eigenvalue weighted by Gasteiger charge is 2.10. The molecule has 0 aliphatic rings. The van der Waals surface area contributed by atoms with Crippen molar-refractivity contribution < 1.29 is 0 Å². The lowest BCUT2D eigenvalue weighted by atomic mass is 10.0. The molecule has 0 fully saturated rings. The van der Waals surface area contributed by atoms with Gasteiger partial charge >= 0.3 is 0 Å². The van der Waals surface area contributed by atoms with Gasteiger partial charge in [0, 0.05) is 38.8 Å². The van der Waals surface area contributed by atoms with E-state index in [4.69, 9.17) is 0 Å². The van der Waals surface area contributed by atoms with E-state index in [-0.39, 0.29) is 0 Å². The van der Waals surface area contributed by atoms with Gasteiger partial charge in [-0.05, 0) is 23.6 Å². The van der Waals surface area contributed by atoms with Crippen molar-refractivity contribution in [3.63, 3.8) is 0 Å². The minimum atomic E-state index is 1.19. The molecule has 5 aromatic rings. The molecule has 0 bridgehead atoms. The standard InChI is InChI=1S/C18H12N2/c1-2-4-14-13(3-1)17-15(20-14)8-7-11-5-6-12-9-10-19-18(12)16(11)17/h1-10,19-20H. The largest absolute Gasteiger partial charge is 0.361 e. The normalized spacial score (nSPS) is 12.0. The van der Waals surface area contributed by atoms with E-state index >= 15 is 0 Å². The van der Waals surface area contributed by atoms with Gasteiger partial charge in [0.05, 0.1) is 5.52 Å². The number of benzene rings is 3. The van der Waals surface area contributed by atoms with Crippen LogP contribution in [0, 0.1) is 0 Å². The molecule has 0 aliphatic heterocycles. The molecule has 94 valence electrons. The van der Waals surface area contributed by atoms with Crippen LogP contribution in [-0.4, -0.2) is 9.97 Å². The second-order valence-corrected chi connectivity index (χ2v) is 5.26. The highest BCUT2D eigenvalue weighted by molar-refractivity contribution is 6.26. The van der Waals surface area contributed by atoms with Crippen LogP contribution in [-0.2, 0) is 0 Å². The van der Waals surface area contributed by atoms with Crippen LogP contribution >= 0.6 is 0 Å². The molecule has 0 atom stereocenters. The number of nitrogens with one attached hydrogen (secondary N) is 2. The zero-order valence-corrected chi connectivity index (χ0v) is 10.8. The molecule has 0 saturated heterocycles. The molecular weight excluding hydrogens is 244 g/mol. The first kappa shape index (κ1) is 10.1. The third kappa shape index (κ3) is 1.14. The van der Waals surface area contributed by atoms with Crippen molar-refractivity contribution in [2.75, 3.05) is 0 Å². The second-order valence-electron chi connectivity index (χ2n) is 5.26. The zero-order valence-electron chi connectivity index (χ0n) is 10.8. The number of aromatic amines is 2. The lowest BCUT2D eigenvalue weighted by Crippen LogP contribution is -1.78. The summed E-state index contributed by atoms with van der Waals surface area (Å²) in [6.45, 7) is 0. The summed E-state index contributed by atoms with van der Waals surface area (Å²) in [4.78, 5) is 6.91. The molecule has 2 N–H and O–H groups in total. The van der Waals surface area contributed by atoms with Crippen LogP contribution in [0.15, 0.2) is 60.8 Å². The Balaban J connectivity index is 2.21. The van der Waals surface area contributed by atoms with Crippen molar-refractivity contribution >= 4 is 43.5 Å². The highest BCUT2D eigenvalue weighted by atomic mass is 14.7. The summed E-state index contributed by atoms with van der Waals surface area (Å²) in [5.74, 6) is 0. The van der Waals surface area contributed by atoms with E-state index in [0.29, 0.717) is 0 Å². The van der Waals surface area contributed by atoms with E-state index in [0.717, 1.165) is 0 Å². The van der Waals surface area contributed by atoms with Crippen LogP contribution in [0.1, 0.15) is 0 Å². The van der Waals surface area contributed by atoms with Gasteiger partial charge in [-0.2, -0.15) is 0 Å². The number of aromatic nitrogens is 2. The van der Waals surface area contributed by atoms with Crippen molar-refractivity contribution in [3.05, 3.63) is 60.8 Å². The van der Waals surface area contributed by atoms with Crippen LogP contribution in [0.3, 0.4) is 0 Å². The van der Waals surface area contributed by atoms with E-state index in [1.807, 2.05) is 6.20 Å². The maximum atomic E-state index is 3.51. The summed E-state index contributed by atoms with van der Waals surface area (Å²) in [6, 6.07) is 19.4. The molecule has 2 heterocycles. The van der Waals surface area contributed by atoms with Crippen LogP contribution < -0.4 is 0 Å². The second kappa shape index (κ2) is 3.42. The van der Waals surface area contributed by atoms with E-state index in [2.05, 4.69) is 64.6 Å². The summed E-state index contributed by atoms with van der Waals surface area (Å²) < 4.78 is 0. The van der Waals surface area contributed by atoms with E-state index in [1.165, 1.54) is 43.5 Å². The maximum absolute atomic E-state index is 3.51. The Hall–Kier alpha value is -2.74. The molecule has 0 radical (unpaired) electrons. The van der Waals surface area contributed by atoms with Crippen LogP contribution in [0.2, 0.25) is 0 Å². The molecule has 0 aliphatic carbocycles. The first-order valence-electron chi connectivity index (χ1n) is 6.81. The van der Waals surface area contributed by atoms with Crippen LogP contribution in [0.5, 0.6) is 0 Å². The fourth-order valence-electron chi connectivity index (χ4n) is 3.28. The first-order valence-corrected chi connectivity index (χ1v) is 6.81. The Labute approximate surface area is 115 Å². The molecule has 0 saturated carbocycles. The van der Waals surface area contributed by atoms with Crippen LogP contribution in [0.25, 0.3) is 43.5 Å². The van der Waals surface area contributed by atoms with Gasteiger partial charge in [0.25, 0.3) is 0 Å². The minimum absolute atomic E-state index is 1.19. The summed E-state index contributed by atoms with van der Waals surface area (Å²) in [5.41, 5.74) is 3.61. The van der Waals surface area contributed by atoms with E-state index in [9.17, 15) is 0 Å². The summed E-state index contributed by atoms with van der Waals surface area (Å²) in [6.07, 6.45) is 2.01. The Morgan fingerprint density at radius 2 is 1.50 bits per heavy atom. The summed E-state index contributed by atoms with van der Waals surface area (Å²) in [7, 11) is 0.